The molecule has 2 bridgehead atoms. The summed E-state index contributed by atoms with van der Waals surface area (Å²) in [6.45, 7) is 14.7. The summed E-state index contributed by atoms with van der Waals surface area (Å²) >= 11 is 0. The number of benzene rings is 1. The molecular weight excluding hydrogens is 716 g/mol. The number of nitrogens with two attached hydrogens (primary N) is 1. The van der Waals surface area contributed by atoms with Crippen molar-refractivity contribution >= 4 is 33.9 Å². The van der Waals surface area contributed by atoms with E-state index in [4.69, 9.17) is 29.2 Å². The summed E-state index contributed by atoms with van der Waals surface area (Å²) in [6.07, 6.45) is -0.615. The highest BCUT2D eigenvalue weighted by atomic mass is 16.7. The van der Waals surface area contributed by atoms with Crippen molar-refractivity contribution in [2.45, 2.75) is 142 Å². The second-order valence-corrected chi connectivity index (χ2v) is 17.2. The van der Waals surface area contributed by atoms with Crippen molar-refractivity contribution in [1.29, 1.82) is 0 Å². The van der Waals surface area contributed by atoms with Gasteiger partial charge in [0.15, 0.2) is 24.4 Å². The molecule has 2 unspecified atom stereocenters. The van der Waals surface area contributed by atoms with Crippen LogP contribution in [0.25, 0.3) is 10.8 Å². The summed E-state index contributed by atoms with van der Waals surface area (Å²) in [7, 11) is 3.79. The molecular formula is C43H65N4O9+. The molecule has 310 valence electrons. The fraction of sp³-hybridized carbons (Fsp3) is 0.698. The lowest BCUT2D eigenvalue weighted by Crippen LogP contribution is -2.61. The number of ketones is 1. The molecule has 4 heterocycles. The van der Waals surface area contributed by atoms with E-state index in [0.29, 0.717) is 43.5 Å². The SMILES string of the molecule is CC[C@H]1OC(=O)C(C)C(=O)[C@H](C)[C@@H](O[C@@H]2O[C@H](C)C[C@H](N(C)C)[C@H]2O)[C@@]2(C)C[C@@H](C)C(=[NH2+])[C@H](C)C(CC/C(=N\OCc3nccc4ccccc34)CO2)[C@]1(C)O. The van der Waals surface area contributed by atoms with E-state index in [2.05, 4.69) is 10.1 Å². The summed E-state index contributed by atoms with van der Waals surface area (Å²) in [4.78, 5) is 40.8. The van der Waals surface area contributed by atoms with Crippen molar-refractivity contribution in [1.82, 2.24) is 9.88 Å². The molecule has 3 fully saturated rings. The summed E-state index contributed by atoms with van der Waals surface area (Å²) in [5.74, 6) is -4.35. The van der Waals surface area contributed by atoms with Crippen LogP contribution in [-0.4, -0.2) is 112 Å². The summed E-state index contributed by atoms with van der Waals surface area (Å²) in [6, 6.07) is 9.62. The first-order valence-corrected chi connectivity index (χ1v) is 20.3. The van der Waals surface area contributed by atoms with Crippen LogP contribution in [0.5, 0.6) is 0 Å². The van der Waals surface area contributed by atoms with E-state index in [1.54, 1.807) is 20.0 Å². The zero-order chi connectivity index (χ0) is 41.1. The minimum Gasteiger partial charge on any atom is -0.459 e. The van der Waals surface area contributed by atoms with E-state index in [-0.39, 0.29) is 37.2 Å². The van der Waals surface area contributed by atoms with Gasteiger partial charge in [-0.15, -0.1) is 0 Å². The smallest absolute Gasteiger partial charge is 0.316 e. The lowest BCUT2D eigenvalue weighted by Gasteiger charge is -2.47. The Morgan fingerprint density at radius 2 is 1.79 bits per heavy atom. The molecule has 0 saturated carbocycles. The molecule has 0 aliphatic carbocycles. The van der Waals surface area contributed by atoms with Crippen LogP contribution in [0.3, 0.4) is 0 Å². The Morgan fingerprint density at radius 3 is 2.48 bits per heavy atom. The molecule has 56 heavy (non-hydrogen) atoms. The predicted molar refractivity (Wildman–Crippen MR) is 212 cm³/mol. The number of nitrogens with zero attached hydrogens (tertiary/aromatic N) is 3. The van der Waals surface area contributed by atoms with Crippen LogP contribution in [0.2, 0.25) is 0 Å². The third-order valence-corrected chi connectivity index (χ3v) is 12.7. The molecule has 0 amide bonds. The first-order chi connectivity index (χ1) is 26.4. The lowest BCUT2D eigenvalue weighted by atomic mass is 9.68. The Labute approximate surface area is 331 Å². The maximum absolute atomic E-state index is 14.4. The molecule has 13 nitrogen and oxygen atoms in total. The molecule has 13 heteroatoms. The fourth-order valence-corrected chi connectivity index (χ4v) is 9.26. The van der Waals surface area contributed by atoms with Gasteiger partial charge in [0.05, 0.1) is 35.8 Å². The summed E-state index contributed by atoms with van der Waals surface area (Å²) < 4.78 is 26.0. The van der Waals surface area contributed by atoms with Crippen LogP contribution in [0, 0.1) is 29.6 Å². The van der Waals surface area contributed by atoms with Crippen LogP contribution in [0.4, 0.5) is 0 Å². The quantitative estimate of drug-likeness (QED) is 0.211. The Balaban J connectivity index is 1.62. The average molecular weight is 782 g/mol. The van der Waals surface area contributed by atoms with E-state index >= 15 is 0 Å². The number of carbonyl (C=O) groups is 2. The zero-order valence-corrected chi connectivity index (χ0v) is 34.9. The molecule has 13 atom stereocenters. The number of pyridine rings is 1. The highest BCUT2D eigenvalue weighted by Gasteiger charge is 2.53. The molecule has 1 aromatic heterocycles. The summed E-state index contributed by atoms with van der Waals surface area (Å²) in [5, 5.41) is 37.7. The van der Waals surface area contributed by atoms with Gasteiger partial charge in [-0.25, -0.2) is 0 Å². The molecule has 0 radical (unpaired) electrons. The van der Waals surface area contributed by atoms with Crippen molar-refractivity contribution in [3.05, 3.63) is 42.2 Å². The Hall–Kier alpha value is -3.33. The second kappa shape index (κ2) is 18.1. The van der Waals surface area contributed by atoms with Crippen molar-refractivity contribution in [3.63, 3.8) is 0 Å². The van der Waals surface area contributed by atoms with Gasteiger partial charge >= 0.3 is 5.97 Å². The fourth-order valence-electron chi connectivity index (χ4n) is 9.26. The molecule has 0 spiro atoms. The maximum Gasteiger partial charge on any atom is 0.316 e. The Bertz CT molecular complexity index is 1730. The van der Waals surface area contributed by atoms with Gasteiger partial charge in [0.2, 0.25) is 0 Å². The Kier molecular flexibility index (Phi) is 14.1. The maximum atomic E-state index is 14.4. The largest absolute Gasteiger partial charge is 0.459 e. The summed E-state index contributed by atoms with van der Waals surface area (Å²) in [5.41, 5.74) is -0.820. The number of aromatic nitrogens is 1. The van der Waals surface area contributed by atoms with Gasteiger partial charge in [0.1, 0.15) is 23.7 Å². The van der Waals surface area contributed by atoms with Gasteiger partial charge in [-0.3, -0.25) is 20.0 Å². The molecule has 5 rings (SSSR count). The Morgan fingerprint density at radius 1 is 1.07 bits per heavy atom. The van der Waals surface area contributed by atoms with Crippen LogP contribution in [0.1, 0.15) is 93.2 Å². The molecule has 3 aliphatic heterocycles. The van der Waals surface area contributed by atoms with Crippen LogP contribution in [0.15, 0.2) is 41.7 Å². The van der Waals surface area contributed by atoms with Crippen molar-refractivity contribution in [2.24, 2.45) is 34.7 Å². The predicted octanol–water partition coefficient (Wildman–Crippen LogP) is 3.89. The molecule has 1 aromatic carbocycles. The third-order valence-electron chi connectivity index (χ3n) is 12.7. The molecule has 4 N–H and O–H groups in total. The number of aliphatic hydroxyl groups is 2. The van der Waals surface area contributed by atoms with E-state index in [9.17, 15) is 19.8 Å². The van der Waals surface area contributed by atoms with Gasteiger partial charge in [-0.1, -0.05) is 57.1 Å². The number of ether oxygens (including phenoxy) is 4. The number of aliphatic hydroxyl groups excluding tert-OH is 1. The standard InChI is InChI=1S/C43H64N4O9/c1-11-35-43(8,51)32-17-16-30(46-53-23-33-31-15-13-12-14-29(31)18-19-45-33)22-52-42(7,21-24(2)36(44)26(32)4)39(27(5)37(48)28(6)40(50)55-35)56-41-38(49)34(47(9)10)20-25(3)54-41/h12-15,18-19,24-28,32,34-35,38-39,41,44,49,51H,11,16-17,20-23H2,1-10H3/p+1/b44-36?,46-30+/t24-,25-,26-,27+,28?,32?,34+,35-,38-,39-,41+,42-,43+/m1/s1. The van der Waals surface area contributed by atoms with Crippen LogP contribution >= 0.6 is 0 Å². The number of rotatable bonds is 7. The number of esters is 1. The topological polar surface area (TPSA) is 175 Å². The number of fused-ring (bicyclic) bond motifs is 6. The number of hydrogen-bond acceptors (Lipinski definition) is 12. The molecule has 3 saturated heterocycles. The number of oxime groups is 1. The minimum atomic E-state index is -1.52. The number of likely N-dealkylation sites (N-methyl/N-ethyl adjacent to an activating group) is 1. The highest BCUT2D eigenvalue weighted by Crippen LogP contribution is 2.41. The molecule has 3 aliphatic rings. The molecule has 2 aromatic rings. The van der Waals surface area contributed by atoms with Crippen molar-refractivity contribution in [3.8, 4) is 0 Å². The van der Waals surface area contributed by atoms with Gasteiger partial charge in [0, 0.05) is 41.3 Å². The van der Waals surface area contributed by atoms with Crippen molar-refractivity contribution < 1.29 is 49.0 Å². The van der Waals surface area contributed by atoms with Crippen molar-refractivity contribution in [2.75, 3.05) is 20.7 Å². The number of carbonyl (C=O) groups excluding carboxylic acids is 2. The monoisotopic (exact) mass is 781 g/mol. The van der Waals surface area contributed by atoms with E-state index < -0.39 is 65.3 Å². The van der Waals surface area contributed by atoms with Gasteiger partial charge in [-0.05, 0) is 85.3 Å². The van der Waals surface area contributed by atoms with E-state index in [0.717, 1.165) is 16.5 Å². The minimum absolute atomic E-state index is 0.00307. The zero-order valence-electron chi connectivity index (χ0n) is 34.9. The number of cyclic esters (lactones) is 1. The average Bonchev–Trinajstić information content (AvgIpc) is 3.17. The van der Waals surface area contributed by atoms with Gasteiger partial charge in [0.25, 0.3) is 0 Å². The van der Waals surface area contributed by atoms with E-state index in [1.165, 1.54) is 6.92 Å². The first kappa shape index (κ1) is 43.8. The lowest BCUT2D eigenvalue weighted by molar-refractivity contribution is -0.296. The first-order valence-electron chi connectivity index (χ1n) is 20.3. The van der Waals surface area contributed by atoms with Gasteiger partial charge in [-0.2, -0.15) is 0 Å². The number of Topliss-reactive ketones (excluding diaryl/α,β-unsaturated/α-hetero) is 1. The highest BCUT2D eigenvalue weighted by molar-refractivity contribution is 6.00. The van der Waals surface area contributed by atoms with Gasteiger partial charge < -0.3 is 38.9 Å². The normalized spacial score (nSPS) is 38.8. The second-order valence-electron chi connectivity index (χ2n) is 17.2. The van der Waals surface area contributed by atoms with E-state index in [1.807, 2.05) is 83.9 Å². The van der Waals surface area contributed by atoms with Crippen LogP contribution in [-0.2, 0) is 40.0 Å². The third kappa shape index (κ3) is 9.34. The van der Waals surface area contributed by atoms with Crippen LogP contribution < -0.4 is 5.41 Å². The number of hydrogen-bond donors (Lipinski definition) is 3.